The molecule has 15 heavy (non-hydrogen) atoms. The van der Waals surface area contributed by atoms with Crippen LogP contribution in [0.15, 0.2) is 0 Å². The van der Waals surface area contributed by atoms with Crippen LogP contribution in [0.5, 0.6) is 0 Å². The molecule has 0 amide bonds. The van der Waals surface area contributed by atoms with Gasteiger partial charge in [-0.2, -0.15) is 13.2 Å². The minimum Gasteiger partial charge on any atom is -0.315 e. The molecule has 0 radical (unpaired) electrons. The molecule has 0 aliphatic heterocycles. The fraction of sp³-hybridized carbons (Fsp3) is 1.00. The van der Waals surface area contributed by atoms with Gasteiger partial charge in [0, 0.05) is 11.8 Å². The Bertz CT molecular complexity index is 161. The van der Waals surface area contributed by atoms with Crippen LogP contribution in [-0.4, -0.2) is 23.8 Å². The van der Waals surface area contributed by atoms with E-state index in [9.17, 15) is 13.2 Å². The van der Waals surface area contributed by atoms with Crippen LogP contribution in [0.4, 0.5) is 13.2 Å². The highest BCUT2D eigenvalue weighted by Gasteiger charge is 2.27. The summed E-state index contributed by atoms with van der Waals surface area (Å²) >= 11 is 0.0819. The highest BCUT2D eigenvalue weighted by atomic mass is 32.2. The molecule has 2 atom stereocenters. The van der Waals surface area contributed by atoms with Crippen LogP contribution in [0, 0.1) is 5.92 Å². The van der Waals surface area contributed by atoms with Crippen molar-refractivity contribution in [2.75, 3.05) is 12.3 Å². The van der Waals surface area contributed by atoms with E-state index in [-0.39, 0.29) is 17.5 Å². The summed E-state index contributed by atoms with van der Waals surface area (Å²) in [5.41, 5.74) is -4.08. The van der Waals surface area contributed by atoms with Crippen molar-refractivity contribution in [3.63, 3.8) is 0 Å². The lowest BCUT2D eigenvalue weighted by Gasteiger charge is -2.17. The zero-order chi connectivity index (χ0) is 11.9. The molecule has 0 fully saturated rings. The molecule has 0 aliphatic rings. The molecule has 0 aromatic heterocycles. The van der Waals surface area contributed by atoms with Crippen molar-refractivity contribution in [3.05, 3.63) is 0 Å². The molecular weight excluding hydrogens is 223 g/mol. The Hall–Kier alpha value is 0.100. The standard InChI is InChI=1S/C10H20F3NS/c1-4-14-9(3)7-8(2)5-6-15-10(11,12)13/h8-9,14H,4-7H2,1-3H3. The number of hydrogen-bond donors (Lipinski definition) is 1. The number of halogens is 3. The minimum absolute atomic E-state index is 0.0819. The second-order valence-electron chi connectivity index (χ2n) is 3.88. The zero-order valence-corrected chi connectivity index (χ0v) is 10.3. The Labute approximate surface area is 94.2 Å². The summed E-state index contributed by atoms with van der Waals surface area (Å²) in [6.07, 6.45) is 1.56. The van der Waals surface area contributed by atoms with Gasteiger partial charge in [-0.15, -0.1) is 0 Å². The van der Waals surface area contributed by atoms with Crippen LogP contribution in [0.25, 0.3) is 0 Å². The van der Waals surface area contributed by atoms with Gasteiger partial charge in [-0.05, 0) is 32.2 Å². The van der Waals surface area contributed by atoms with Crippen molar-refractivity contribution in [1.82, 2.24) is 5.32 Å². The second-order valence-corrected chi connectivity index (χ2v) is 5.04. The van der Waals surface area contributed by atoms with E-state index in [0.717, 1.165) is 13.0 Å². The van der Waals surface area contributed by atoms with Crippen LogP contribution in [0.1, 0.15) is 33.6 Å². The lowest BCUT2D eigenvalue weighted by Crippen LogP contribution is -2.27. The van der Waals surface area contributed by atoms with Gasteiger partial charge in [-0.3, -0.25) is 0 Å². The lowest BCUT2D eigenvalue weighted by molar-refractivity contribution is -0.0328. The molecule has 0 aromatic carbocycles. The maximum absolute atomic E-state index is 11.8. The number of nitrogens with one attached hydrogen (secondary N) is 1. The van der Waals surface area contributed by atoms with Gasteiger partial charge in [0.05, 0.1) is 0 Å². The van der Waals surface area contributed by atoms with Gasteiger partial charge < -0.3 is 5.32 Å². The van der Waals surface area contributed by atoms with Gasteiger partial charge in [0.15, 0.2) is 0 Å². The Morgan fingerprint density at radius 2 is 1.87 bits per heavy atom. The second kappa shape index (κ2) is 7.39. The Kier molecular flexibility index (Phi) is 7.44. The van der Waals surface area contributed by atoms with Gasteiger partial charge in [0.2, 0.25) is 0 Å². The summed E-state index contributed by atoms with van der Waals surface area (Å²) in [5, 5.41) is 3.25. The highest BCUT2D eigenvalue weighted by Crippen LogP contribution is 2.31. The fourth-order valence-electron chi connectivity index (χ4n) is 1.53. The van der Waals surface area contributed by atoms with E-state index >= 15 is 0 Å². The Balaban J connectivity index is 3.53. The van der Waals surface area contributed by atoms with E-state index in [4.69, 9.17) is 0 Å². The number of hydrogen-bond acceptors (Lipinski definition) is 2. The topological polar surface area (TPSA) is 12.0 Å². The molecule has 0 rings (SSSR count). The van der Waals surface area contributed by atoms with Crippen LogP contribution in [0.2, 0.25) is 0 Å². The highest BCUT2D eigenvalue weighted by molar-refractivity contribution is 8.00. The predicted molar refractivity (Wildman–Crippen MR) is 60.0 cm³/mol. The van der Waals surface area contributed by atoms with E-state index in [0.29, 0.717) is 18.4 Å². The van der Waals surface area contributed by atoms with Gasteiger partial charge in [-0.1, -0.05) is 25.6 Å². The van der Waals surface area contributed by atoms with Gasteiger partial charge >= 0.3 is 5.51 Å². The Morgan fingerprint density at radius 1 is 1.27 bits per heavy atom. The molecule has 0 aromatic rings. The van der Waals surface area contributed by atoms with Crippen molar-refractivity contribution >= 4 is 11.8 Å². The average Bonchev–Trinajstić information content (AvgIpc) is 2.01. The third kappa shape index (κ3) is 10.4. The average molecular weight is 243 g/mol. The van der Waals surface area contributed by atoms with Gasteiger partial charge in [0.25, 0.3) is 0 Å². The first-order valence-electron chi connectivity index (χ1n) is 5.29. The monoisotopic (exact) mass is 243 g/mol. The Morgan fingerprint density at radius 3 is 2.33 bits per heavy atom. The largest absolute Gasteiger partial charge is 0.441 e. The fourth-order valence-corrected chi connectivity index (χ4v) is 2.28. The number of thioether (sulfide) groups is 1. The molecule has 1 N–H and O–H groups in total. The molecule has 0 heterocycles. The van der Waals surface area contributed by atoms with Crippen LogP contribution in [-0.2, 0) is 0 Å². The van der Waals surface area contributed by atoms with Crippen molar-refractivity contribution in [2.45, 2.75) is 45.2 Å². The third-order valence-electron chi connectivity index (χ3n) is 2.18. The SMILES string of the molecule is CCNC(C)CC(C)CCSC(F)(F)F. The predicted octanol–water partition coefficient (Wildman–Crippen LogP) is 3.65. The van der Waals surface area contributed by atoms with E-state index in [1.54, 1.807) is 0 Å². The molecule has 0 bridgehead atoms. The van der Waals surface area contributed by atoms with Crippen LogP contribution in [0.3, 0.4) is 0 Å². The van der Waals surface area contributed by atoms with Crippen molar-refractivity contribution in [3.8, 4) is 0 Å². The molecule has 0 spiro atoms. The summed E-state index contributed by atoms with van der Waals surface area (Å²) in [6.45, 7) is 7.01. The molecular formula is C10H20F3NS. The quantitative estimate of drug-likeness (QED) is 0.732. The van der Waals surface area contributed by atoms with Crippen molar-refractivity contribution in [1.29, 1.82) is 0 Å². The summed E-state index contributed by atoms with van der Waals surface area (Å²) in [4.78, 5) is 0. The zero-order valence-electron chi connectivity index (χ0n) is 9.53. The van der Waals surface area contributed by atoms with E-state index in [2.05, 4.69) is 12.2 Å². The third-order valence-corrected chi connectivity index (χ3v) is 2.95. The van der Waals surface area contributed by atoms with Crippen LogP contribution < -0.4 is 5.32 Å². The smallest absolute Gasteiger partial charge is 0.315 e. The first-order chi connectivity index (χ1) is 6.85. The van der Waals surface area contributed by atoms with E-state index in [1.807, 2.05) is 13.8 Å². The molecule has 0 aliphatic carbocycles. The first-order valence-corrected chi connectivity index (χ1v) is 6.27. The summed E-state index contributed by atoms with van der Waals surface area (Å²) in [6, 6.07) is 0.390. The number of alkyl halides is 3. The molecule has 5 heteroatoms. The summed E-state index contributed by atoms with van der Waals surface area (Å²) in [7, 11) is 0. The summed E-state index contributed by atoms with van der Waals surface area (Å²) in [5.74, 6) is 0.512. The lowest BCUT2D eigenvalue weighted by atomic mass is 10.0. The van der Waals surface area contributed by atoms with E-state index in [1.165, 1.54) is 0 Å². The molecule has 1 nitrogen and oxygen atoms in total. The van der Waals surface area contributed by atoms with Crippen molar-refractivity contribution in [2.24, 2.45) is 5.92 Å². The van der Waals surface area contributed by atoms with Gasteiger partial charge in [-0.25, -0.2) is 0 Å². The summed E-state index contributed by atoms with van der Waals surface area (Å²) < 4.78 is 35.5. The molecule has 92 valence electrons. The van der Waals surface area contributed by atoms with E-state index < -0.39 is 5.51 Å². The van der Waals surface area contributed by atoms with Crippen LogP contribution >= 0.6 is 11.8 Å². The number of rotatable bonds is 7. The normalized spacial score (nSPS) is 16.4. The first kappa shape index (κ1) is 15.1. The maximum Gasteiger partial charge on any atom is 0.441 e. The molecule has 2 unspecified atom stereocenters. The van der Waals surface area contributed by atoms with Gasteiger partial charge in [0.1, 0.15) is 0 Å². The molecule has 0 saturated carbocycles. The molecule has 0 saturated heterocycles. The minimum atomic E-state index is -4.08. The van der Waals surface area contributed by atoms with Crippen molar-refractivity contribution < 1.29 is 13.2 Å². The maximum atomic E-state index is 11.8.